The van der Waals surface area contributed by atoms with E-state index >= 15 is 0 Å². The van der Waals surface area contributed by atoms with Crippen molar-refractivity contribution in [3.63, 3.8) is 0 Å². The molecule has 0 aliphatic heterocycles. The highest BCUT2D eigenvalue weighted by molar-refractivity contribution is 7.11. The van der Waals surface area contributed by atoms with E-state index in [9.17, 15) is 0 Å². The fourth-order valence-corrected chi connectivity index (χ4v) is 3.09. The predicted octanol–water partition coefficient (Wildman–Crippen LogP) is 4.95. The summed E-state index contributed by atoms with van der Waals surface area (Å²) < 4.78 is 5.67. The van der Waals surface area contributed by atoms with Crippen LogP contribution in [0.1, 0.15) is 49.1 Å². The van der Waals surface area contributed by atoms with Gasteiger partial charge in [-0.2, -0.15) is 0 Å². The molecule has 2 aromatic rings. The van der Waals surface area contributed by atoms with Gasteiger partial charge in [-0.25, -0.2) is 0 Å². The average molecular weight is 303 g/mol. The van der Waals surface area contributed by atoms with Gasteiger partial charge in [0.1, 0.15) is 5.75 Å². The van der Waals surface area contributed by atoms with E-state index < -0.39 is 0 Å². The molecule has 1 aromatic heterocycles. The van der Waals surface area contributed by atoms with Crippen molar-refractivity contribution in [3.05, 3.63) is 51.7 Å². The van der Waals surface area contributed by atoms with Gasteiger partial charge in [0.25, 0.3) is 0 Å². The maximum atomic E-state index is 5.67. The van der Waals surface area contributed by atoms with E-state index in [2.05, 4.69) is 43.4 Å². The van der Waals surface area contributed by atoms with Crippen LogP contribution in [0.5, 0.6) is 5.75 Å². The van der Waals surface area contributed by atoms with Crippen LogP contribution in [0, 0.1) is 0 Å². The zero-order valence-electron chi connectivity index (χ0n) is 13.3. The standard InChI is InChI=1S/C18H25NOS/c1-5-17-10-11-18(21-17)12-19-14(4)15-6-8-16(9-7-15)20-13(2)3/h6-11,13-14,19H,5,12H2,1-4H3. The molecule has 1 N–H and O–H groups in total. The van der Waals surface area contributed by atoms with E-state index in [0.29, 0.717) is 6.04 Å². The largest absolute Gasteiger partial charge is 0.491 e. The highest BCUT2D eigenvalue weighted by atomic mass is 32.1. The summed E-state index contributed by atoms with van der Waals surface area (Å²) in [5.74, 6) is 0.937. The third kappa shape index (κ3) is 4.87. The van der Waals surface area contributed by atoms with Crippen LogP contribution in [0.3, 0.4) is 0 Å². The maximum absolute atomic E-state index is 5.67. The molecule has 0 aliphatic carbocycles. The van der Waals surface area contributed by atoms with Crippen LogP contribution >= 0.6 is 11.3 Å². The fourth-order valence-electron chi connectivity index (χ4n) is 2.19. The zero-order valence-corrected chi connectivity index (χ0v) is 14.2. The Hall–Kier alpha value is -1.32. The maximum Gasteiger partial charge on any atom is 0.119 e. The third-order valence-corrected chi connectivity index (χ3v) is 4.63. The van der Waals surface area contributed by atoms with Crippen LogP contribution < -0.4 is 10.1 Å². The number of rotatable bonds is 7. The summed E-state index contributed by atoms with van der Waals surface area (Å²) in [7, 11) is 0. The lowest BCUT2D eigenvalue weighted by atomic mass is 10.1. The number of thiophene rings is 1. The Bertz CT molecular complexity index is 545. The molecule has 1 heterocycles. The molecule has 0 saturated heterocycles. The van der Waals surface area contributed by atoms with E-state index in [-0.39, 0.29) is 6.10 Å². The van der Waals surface area contributed by atoms with Gasteiger partial charge in [-0.15, -0.1) is 11.3 Å². The van der Waals surface area contributed by atoms with Crippen LogP contribution in [0.2, 0.25) is 0 Å². The van der Waals surface area contributed by atoms with Crippen molar-refractivity contribution in [2.75, 3.05) is 0 Å². The van der Waals surface area contributed by atoms with Crippen LogP contribution in [0.25, 0.3) is 0 Å². The predicted molar refractivity (Wildman–Crippen MR) is 91.2 cm³/mol. The quantitative estimate of drug-likeness (QED) is 0.781. The highest BCUT2D eigenvalue weighted by Crippen LogP contribution is 2.21. The molecular formula is C18H25NOS. The topological polar surface area (TPSA) is 21.3 Å². The summed E-state index contributed by atoms with van der Waals surface area (Å²) in [5.41, 5.74) is 1.29. The number of ether oxygens (including phenoxy) is 1. The van der Waals surface area contributed by atoms with E-state index in [4.69, 9.17) is 4.74 Å². The normalized spacial score (nSPS) is 12.6. The molecule has 21 heavy (non-hydrogen) atoms. The number of nitrogens with one attached hydrogen (secondary N) is 1. The molecule has 0 saturated carbocycles. The van der Waals surface area contributed by atoms with Gasteiger partial charge in [-0.3, -0.25) is 0 Å². The summed E-state index contributed by atoms with van der Waals surface area (Å²) in [6.45, 7) is 9.42. The molecule has 0 spiro atoms. The minimum atomic E-state index is 0.220. The van der Waals surface area contributed by atoms with Gasteiger partial charge < -0.3 is 10.1 Å². The van der Waals surface area contributed by atoms with Crippen LogP contribution in [0.15, 0.2) is 36.4 Å². The Morgan fingerprint density at radius 2 is 1.67 bits per heavy atom. The lowest BCUT2D eigenvalue weighted by Crippen LogP contribution is -2.17. The third-order valence-electron chi connectivity index (χ3n) is 3.40. The molecular weight excluding hydrogens is 278 g/mol. The van der Waals surface area contributed by atoms with Crippen molar-refractivity contribution in [3.8, 4) is 5.75 Å². The lowest BCUT2D eigenvalue weighted by molar-refractivity contribution is 0.242. The van der Waals surface area contributed by atoms with Crippen LogP contribution in [-0.2, 0) is 13.0 Å². The minimum absolute atomic E-state index is 0.220. The van der Waals surface area contributed by atoms with Crippen molar-refractivity contribution in [1.29, 1.82) is 0 Å². The number of benzene rings is 1. The second-order valence-electron chi connectivity index (χ2n) is 5.56. The molecule has 1 unspecified atom stereocenters. The smallest absolute Gasteiger partial charge is 0.119 e. The Morgan fingerprint density at radius 3 is 2.24 bits per heavy atom. The van der Waals surface area contributed by atoms with Crippen LogP contribution in [0.4, 0.5) is 0 Å². The summed E-state index contributed by atoms with van der Waals surface area (Å²) >= 11 is 1.90. The molecule has 0 fully saturated rings. The lowest BCUT2D eigenvalue weighted by Gasteiger charge is -2.15. The minimum Gasteiger partial charge on any atom is -0.491 e. The second kappa shape index (κ2) is 7.62. The van der Waals surface area contributed by atoms with Crippen LogP contribution in [-0.4, -0.2) is 6.10 Å². The van der Waals surface area contributed by atoms with E-state index in [0.717, 1.165) is 18.7 Å². The Kier molecular flexibility index (Phi) is 5.83. The SMILES string of the molecule is CCc1ccc(CNC(C)c2ccc(OC(C)C)cc2)s1. The van der Waals surface area contributed by atoms with E-state index in [1.54, 1.807) is 0 Å². The second-order valence-corrected chi connectivity index (χ2v) is 6.81. The summed E-state index contributed by atoms with van der Waals surface area (Å²) in [6, 6.07) is 13.2. The summed E-state index contributed by atoms with van der Waals surface area (Å²) in [6.07, 6.45) is 1.34. The van der Waals surface area contributed by atoms with Crippen molar-refractivity contribution >= 4 is 11.3 Å². The molecule has 114 valence electrons. The molecule has 0 radical (unpaired) electrons. The average Bonchev–Trinajstić information content (AvgIpc) is 2.93. The molecule has 2 nitrogen and oxygen atoms in total. The Labute approximate surface area is 132 Å². The fraction of sp³-hybridized carbons (Fsp3) is 0.444. The number of hydrogen-bond acceptors (Lipinski definition) is 3. The molecule has 2 rings (SSSR count). The zero-order chi connectivity index (χ0) is 15.2. The molecule has 1 aromatic carbocycles. The monoisotopic (exact) mass is 303 g/mol. The number of aryl methyl sites for hydroxylation is 1. The first-order valence-electron chi connectivity index (χ1n) is 7.66. The van der Waals surface area contributed by atoms with Gasteiger partial charge in [-0.05, 0) is 57.0 Å². The molecule has 0 bridgehead atoms. The highest BCUT2D eigenvalue weighted by Gasteiger charge is 2.07. The van der Waals surface area contributed by atoms with E-state index in [1.165, 1.54) is 15.3 Å². The van der Waals surface area contributed by atoms with Gasteiger partial charge in [0, 0.05) is 22.3 Å². The molecule has 3 heteroatoms. The molecule has 0 amide bonds. The van der Waals surface area contributed by atoms with Crippen molar-refractivity contribution in [2.45, 2.75) is 52.8 Å². The van der Waals surface area contributed by atoms with Gasteiger partial charge in [0.05, 0.1) is 6.10 Å². The first-order valence-corrected chi connectivity index (χ1v) is 8.47. The summed E-state index contributed by atoms with van der Waals surface area (Å²) in [4.78, 5) is 2.85. The van der Waals surface area contributed by atoms with Gasteiger partial charge in [-0.1, -0.05) is 19.1 Å². The van der Waals surface area contributed by atoms with Crippen molar-refractivity contribution < 1.29 is 4.74 Å². The first kappa shape index (κ1) is 16.1. The van der Waals surface area contributed by atoms with Gasteiger partial charge in [0.15, 0.2) is 0 Å². The first-order chi connectivity index (χ1) is 10.1. The summed E-state index contributed by atoms with van der Waals surface area (Å²) in [5, 5.41) is 3.58. The molecule has 1 atom stereocenters. The molecule has 0 aliphatic rings. The Balaban J connectivity index is 1.89. The van der Waals surface area contributed by atoms with Gasteiger partial charge >= 0.3 is 0 Å². The van der Waals surface area contributed by atoms with Gasteiger partial charge in [0.2, 0.25) is 0 Å². The Morgan fingerprint density at radius 1 is 1.00 bits per heavy atom. The number of hydrogen-bond donors (Lipinski definition) is 1. The van der Waals surface area contributed by atoms with Crippen molar-refractivity contribution in [2.24, 2.45) is 0 Å². The van der Waals surface area contributed by atoms with E-state index in [1.807, 2.05) is 37.3 Å². The van der Waals surface area contributed by atoms with Crippen molar-refractivity contribution in [1.82, 2.24) is 5.32 Å².